The number of carbonyl (C=O) groups is 1. The van der Waals surface area contributed by atoms with Gasteiger partial charge in [0.2, 0.25) is 0 Å². The van der Waals surface area contributed by atoms with Crippen molar-refractivity contribution < 1.29 is 18.3 Å². The number of hydrogen-bond donors (Lipinski definition) is 2. The first-order valence-corrected chi connectivity index (χ1v) is 8.36. The number of aromatic nitrogens is 1. The molecule has 1 aliphatic heterocycles. The first-order valence-electron chi connectivity index (χ1n) is 8.36. The number of halogens is 2. The van der Waals surface area contributed by atoms with Gasteiger partial charge in [0.25, 0.3) is 12.3 Å². The number of hydrogen-bond acceptors (Lipinski definition) is 5. The number of allylic oxidation sites excluding steroid dienone is 2. The number of ether oxygens (including phenoxy) is 1. The molecular formula is C18H24F2N4O2. The molecule has 1 aliphatic rings. The molecule has 0 saturated carbocycles. The Bertz CT molecular complexity index is 692. The molecule has 0 fully saturated rings. The molecule has 26 heavy (non-hydrogen) atoms. The summed E-state index contributed by atoms with van der Waals surface area (Å²) < 4.78 is 29.8. The molecule has 0 saturated heterocycles. The predicted molar refractivity (Wildman–Crippen MR) is 96.2 cm³/mol. The van der Waals surface area contributed by atoms with Crippen molar-refractivity contribution in [2.24, 2.45) is 0 Å². The lowest BCUT2D eigenvalue weighted by molar-refractivity contribution is 0.0462. The highest BCUT2D eigenvalue weighted by atomic mass is 19.3. The van der Waals surface area contributed by atoms with E-state index in [1.54, 1.807) is 37.2 Å². The van der Waals surface area contributed by atoms with E-state index in [2.05, 4.69) is 22.2 Å². The van der Waals surface area contributed by atoms with Crippen molar-refractivity contribution in [3.63, 3.8) is 0 Å². The van der Waals surface area contributed by atoms with Crippen LogP contribution in [-0.2, 0) is 11.3 Å². The fourth-order valence-electron chi connectivity index (χ4n) is 2.68. The highest BCUT2D eigenvalue weighted by Crippen LogP contribution is 2.26. The third-order valence-corrected chi connectivity index (χ3v) is 4.13. The van der Waals surface area contributed by atoms with Crippen molar-refractivity contribution in [2.45, 2.75) is 19.9 Å². The van der Waals surface area contributed by atoms with Gasteiger partial charge in [-0.1, -0.05) is 12.7 Å². The molecule has 2 N–H and O–H groups in total. The summed E-state index contributed by atoms with van der Waals surface area (Å²) in [7, 11) is 1.77. The lowest BCUT2D eigenvalue weighted by atomic mass is 10.1. The summed E-state index contributed by atoms with van der Waals surface area (Å²) in [4.78, 5) is 18.4. The van der Waals surface area contributed by atoms with Crippen LogP contribution in [0.1, 0.15) is 22.8 Å². The summed E-state index contributed by atoms with van der Waals surface area (Å²) in [6.45, 7) is 6.52. The molecule has 1 aromatic heterocycles. The molecule has 0 radical (unpaired) electrons. The number of anilines is 1. The number of amides is 1. The molecule has 0 unspecified atom stereocenters. The van der Waals surface area contributed by atoms with Crippen LogP contribution in [0.3, 0.4) is 0 Å². The quantitative estimate of drug-likeness (QED) is 0.378. The molecule has 0 aromatic carbocycles. The Balaban J connectivity index is 1.86. The number of pyridine rings is 1. The Hall–Kier alpha value is -2.48. The van der Waals surface area contributed by atoms with E-state index in [0.717, 1.165) is 5.56 Å². The largest absolute Gasteiger partial charge is 0.490 e. The van der Waals surface area contributed by atoms with Crippen LogP contribution in [-0.4, -0.2) is 55.5 Å². The minimum Gasteiger partial charge on any atom is -0.490 e. The number of fused-ring (bicyclic) bond motifs is 1. The fourth-order valence-corrected chi connectivity index (χ4v) is 2.68. The molecular weight excluding hydrogens is 342 g/mol. The average molecular weight is 366 g/mol. The van der Waals surface area contributed by atoms with Gasteiger partial charge in [-0.05, 0) is 18.6 Å². The van der Waals surface area contributed by atoms with Gasteiger partial charge < -0.3 is 20.3 Å². The third kappa shape index (κ3) is 4.78. The van der Waals surface area contributed by atoms with Crippen LogP contribution >= 0.6 is 0 Å². The van der Waals surface area contributed by atoms with Gasteiger partial charge in [-0.15, -0.1) is 0 Å². The van der Waals surface area contributed by atoms with E-state index in [0.29, 0.717) is 48.9 Å². The van der Waals surface area contributed by atoms with Crippen molar-refractivity contribution >= 4 is 11.7 Å². The summed E-state index contributed by atoms with van der Waals surface area (Å²) in [6, 6.07) is 1.72. The molecule has 2 rings (SSSR count). The fraction of sp³-hybridized carbons (Fsp3) is 0.444. The van der Waals surface area contributed by atoms with Crippen molar-refractivity contribution in [2.75, 3.05) is 38.6 Å². The number of nitrogens with zero attached hydrogens (tertiary/aromatic N) is 2. The van der Waals surface area contributed by atoms with Crippen molar-refractivity contribution in [3.8, 4) is 0 Å². The standard InChI is InChI=1S/C18H24F2N4O2/c1-4-12(2)15(26-11-16(19)20)9-22-7-8-24-10-14-13(18(24)25)5-6-23-17(14)21-3/h4-6,16,22H,1,7-11H2,2-3H3,(H,21,23)/b15-12+. The summed E-state index contributed by atoms with van der Waals surface area (Å²) >= 11 is 0. The predicted octanol–water partition coefficient (Wildman–Crippen LogP) is 2.41. The zero-order chi connectivity index (χ0) is 19.1. The van der Waals surface area contributed by atoms with Crippen LogP contribution < -0.4 is 10.6 Å². The minimum absolute atomic E-state index is 0.0345. The Morgan fingerprint density at radius 1 is 1.54 bits per heavy atom. The monoisotopic (exact) mass is 366 g/mol. The van der Waals surface area contributed by atoms with Crippen molar-refractivity contribution in [1.82, 2.24) is 15.2 Å². The van der Waals surface area contributed by atoms with Gasteiger partial charge >= 0.3 is 0 Å². The van der Waals surface area contributed by atoms with Gasteiger partial charge in [-0.3, -0.25) is 4.79 Å². The van der Waals surface area contributed by atoms with Gasteiger partial charge in [0.1, 0.15) is 18.2 Å². The Kier molecular flexibility index (Phi) is 7.08. The second kappa shape index (κ2) is 9.28. The average Bonchev–Trinajstić information content (AvgIpc) is 2.96. The van der Waals surface area contributed by atoms with Gasteiger partial charge in [-0.25, -0.2) is 13.8 Å². The van der Waals surface area contributed by atoms with Crippen molar-refractivity contribution in [3.05, 3.63) is 47.4 Å². The van der Waals surface area contributed by atoms with Gasteiger partial charge in [0.15, 0.2) is 0 Å². The smallest absolute Gasteiger partial charge is 0.272 e. The molecule has 1 amide bonds. The summed E-state index contributed by atoms with van der Waals surface area (Å²) in [5.74, 6) is 1.10. The number of alkyl halides is 2. The lowest BCUT2D eigenvalue weighted by Gasteiger charge is -2.17. The highest BCUT2D eigenvalue weighted by Gasteiger charge is 2.29. The Morgan fingerprint density at radius 3 is 2.96 bits per heavy atom. The van der Waals surface area contributed by atoms with Crippen LogP contribution in [0, 0.1) is 0 Å². The molecule has 0 atom stereocenters. The maximum atomic E-state index is 12.4. The van der Waals surface area contributed by atoms with E-state index in [1.165, 1.54) is 0 Å². The van der Waals surface area contributed by atoms with E-state index in [1.807, 2.05) is 0 Å². The normalized spacial score (nSPS) is 14.3. The summed E-state index contributed by atoms with van der Waals surface area (Å²) in [5, 5.41) is 6.12. The minimum atomic E-state index is -2.53. The Labute approximate surface area is 151 Å². The lowest BCUT2D eigenvalue weighted by Crippen LogP contribution is -2.33. The Morgan fingerprint density at radius 2 is 2.31 bits per heavy atom. The zero-order valence-corrected chi connectivity index (χ0v) is 15.0. The molecule has 142 valence electrons. The number of carbonyl (C=O) groups excluding carboxylic acids is 1. The second-order valence-electron chi connectivity index (χ2n) is 5.85. The van der Waals surface area contributed by atoms with Crippen LogP contribution in [0.4, 0.5) is 14.6 Å². The molecule has 1 aromatic rings. The molecule has 8 heteroatoms. The van der Waals surface area contributed by atoms with E-state index >= 15 is 0 Å². The molecule has 0 aliphatic carbocycles. The highest BCUT2D eigenvalue weighted by molar-refractivity contribution is 5.99. The van der Waals surface area contributed by atoms with E-state index in [-0.39, 0.29) is 5.91 Å². The second-order valence-corrected chi connectivity index (χ2v) is 5.85. The van der Waals surface area contributed by atoms with Crippen LogP contribution in [0.25, 0.3) is 0 Å². The van der Waals surface area contributed by atoms with Crippen LogP contribution in [0.5, 0.6) is 0 Å². The van der Waals surface area contributed by atoms with Crippen molar-refractivity contribution in [1.29, 1.82) is 0 Å². The molecule has 0 bridgehead atoms. The first kappa shape index (κ1) is 19.8. The number of rotatable bonds is 10. The first-order chi connectivity index (χ1) is 12.5. The van der Waals surface area contributed by atoms with E-state index < -0.39 is 13.0 Å². The molecule has 2 heterocycles. The SMILES string of the molecule is C=C/C(C)=C(\CNCCN1Cc2c(ccnc2NC)C1=O)OCC(F)F. The third-order valence-electron chi connectivity index (χ3n) is 4.13. The summed E-state index contributed by atoms with van der Waals surface area (Å²) in [6.07, 6.45) is 0.646. The summed E-state index contributed by atoms with van der Waals surface area (Å²) in [5.41, 5.74) is 2.25. The van der Waals surface area contributed by atoms with Crippen LogP contribution in [0.2, 0.25) is 0 Å². The number of nitrogens with one attached hydrogen (secondary N) is 2. The maximum Gasteiger partial charge on any atom is 0.272 e. The van der Waals surface area contributed by atoms with Gasteiger partial charge in [0, 0.05) is 37.5 Å². The van der Waals surface area contributed by atoms with E-state index in [9.17, 15) is 13.6 Å². The zero-order valence-electron chi connectivity index (χ0n) is 15.0. The molecule has 6 nitrogen and oxygen atoms in total. The van der Waals surface area contributed by atoms with Gasteiger partial charge in [0.05, 0.1) is 13.1 Å². The topological polar surface area (TPSA) is 66.5 Å². The maximum absolute atomic E-state index is 12.4. The molecule has 0 spiro atoms. The van der Waals surface area contributed by atoms with Crippen LogP contribution in [0.15, 0.2) is 36.3 Å². The van der Waals surface area contributed by atoms with E-state index in [4.69, 9.17) is 4.74 Å². The van der Waals surface area contributed by atoms with Gasteiger partial charge in [-0.2, -0.15) is 0 Å².